The zero-order valence-corrected chi connectivity index (χ0v) is 18.5. The van der Waals surface area contributed by atoms with Gasteiger partial charge in [0.15, 0.2) is 5.17 Å². The summed E-state index contributed by atoms with van der Waals surface area (Å²) in [5, 5.41) is 2.73. The van der Waals surface area contributed by atoms with E-state index in [-0.39, 0.29) is 23.5 Å². The Morgan fingerprint density at radius 2 is 2.07 bits per heavy atom. The summed E-state index contributed by atoms with van der Waals surface area (Å²) < 4.78 is 21.1. The van der Waals surface area contributed by atoms with Gasteiger partial charge in [-0.1, -0.05) is 34.1 Å². The van der Waals surface area contributed by atoms with E-state index in [0.29, 0.717) is 26.3 Å². The Labute approximate surface area is 181 Å². The standard InChI is InChI=1S/C19H13Br2FN2O3S/c1-10(25)23-19-24-18(26)16(28-19)7-12-6-13(20)8-14(21)17(12)27-9-11-4-2-3-5-15(11)22/h2-8H,9H2,1H3,(H,23,24,25,26)/b16-7+. The number of amides is 2. The van der Waals surface area contributed by atoms with Gasteiger partial charge in [-0.3, -0.25) is 9.59 Å². The van der Waals surface area contributed by atoms with Gasteiger partial charge in [0, 0.05) is 22.5 Å². The molecule has 0 unspecified atom stereocenters. The number of carbonyl (C=O) groups excluding carboxylic acids is 2. The highest BCUT2D eigenvalue weighted by atomic mass is 79.9. The van der Waals surface area contributed by atoms with Gasteiger partial charge < -0.3 is 10.1 Å². The van der Waals surface area contributed by atoms with Crippen molar-refractivity contribution < 1.29 is 18.7 Å². The Bertz CT molecular complexity index is 1020. The average Bonchev–Trinajstić information content (AvgIpc) is 2.93. The molecule has 1 aliphatic heterocycles. The zero-order valence-electron chi connectivity index (χ0n) is 14.5. The fourth-order valence-corrected chi connectivity index (χ4v) is 4.58. The highest BCUT2D eigenvalue weighted by Gasteiger charge is 2.23. The maximum Gasteiger partial charge on any atom is 0.286 e. The van der Waals surface area contributed by atoms with Crippen LogP contribution in [0.5, 0.6) is 5.75 Å². The fourth-order valence-electron chi connectivity index (χ4n) is 2.36. The van der Waals surface area contributed by atoms with Crippen molar-refractivity contribution in [2.75, 3.05) is 0 Å². The summed E-state index contributed by atoms with van der Waals surface area (Å²) >= 11 is 7.92. The molecule has 9 heteroatoms. The molecule has 0 aliphatic carbocycles. The van der Waals surface area contributed by atoms with E-state index in [1.165, 1.54) is 13.0 Å². The maximum atomic E-state index is 13.9. The predicted molar refractivity (Wildman–Crippen MR) is 114 cm³/mol. The quantitative estimate of drug-likeness (QED) is 0.566. The number of carbonyl (C=O) groups is 2. The van der Waals surface area contributed by atoms with E-state index in [0.717, 1.165) is 16.2 Å². The fraction of sp³-hybridized carbons (Fsp3) is 0.105. The van der Waals surface area contributed by atoms with Crippen LogP contribution in [-0.2, 0) is 16.2 Å². The first kappa shape index (κ1) is 20.8. The number of halogens is 3. The van der Waals surface area contributed by atoms with Crippen molar-refractivity contribution in [2.45, 2.75) is 13.5 Å². The Hall–Kier alpha value is -1.97. The third kappa shape index (κ3) is 5.09. The van der Waals surface area contributed by atoms with Crippen molar-refractivity contribution in [3.05, 3.63) is 67.2 Å². The number of thioether (sulfide) groups is 1. The Morgan fingerprint density at radius 1 is 1.32 bits per heavy atom. The Balaban J connectivity index is 1.88. The monoisotopic (exact) mass is 526 g/mol. The van der Waals surface area contributed by atoms with Gasteiger partial charge in [0.2, 0.25) is 5.91 Å². The molecule has 5 nitrogen and oxygen atoms in total. The number of rotatable bonds is 4. The lowest BCUT2D eigenvalue weighted by atomic mass is 10.1. The summed E-state index contributed by atoms with van der Waals surface area (Å²) in [5.41, 5.74) is 1.02. The van der Waals surface area contributed by atoms with Gasteiger partial charge in [-0.2, -0.15) is 4.99 Å². The molecule has 2 amide bonds. The average molecular weight is 528 g/mol. The lowest BCUT2D eigenvalue weighted by molar-refractivity contribution is -0.117. The molecule has 28 heavy (non-hydrogen) atoms. The van der Waals surface area contributed by atoms with Crippen LogP contribution < -0.4 is 10.1 Å². The summed E-state index contributed by atoms with van der Waals surface area (Å²) in [4.78, 5) is 27.4. The molecular weight excluding hydrogens is 515 g/mol. The SMILES string of the molecule is CC(=O)NC1=NC(=O)/C(=C\c2cc(Br)cc(Br)c2OCc2ccccc2F)S1. The van der Waals surface area contributed by atoms with Gasteiger partial charge in [0.25, 0.3) is 5.91 Å². The molecule has 0 bridgehead atoms. The second-order valence-corrected chi connectivity index (χ2v) is 8.50. The van der Waals surface area contributed by atoms with Gasteiger partial charge in [-0.15, -0.1) is 0 Å². The lowest BCUT2D eigenvalue weighted by Gasteiger charge is -2.13. The van der Waals surface area contributed by atoms with Crippen molar-refractivity contribution in [1.82, 2.24) is 5.32 Å². The lowest BCUT2D eigenvalue weighted by Crippen LogP contribution is -2.23. The first-order chi connectivity index (χ1) is 13.3. The van der Waals surface area contributed by atoms with Gasteiger partial charge in [0.1, 0.15) is 18.2 Å². The number of aliphatic imine (C=N–C) groups is 1. The maximum absolute atomic E-state index is 13.9. The Morgan fingerprint density at radius 3 is 2.79 bits per heavy atom. The predicted octanol–water partition coefficient (Wildman–Crippen LogP) is 5.04. The molecule has 0 saturated carbocycles. The van der Waals surface area contributed by atoms with Crippen LogP contribution in [0.4, 0.5) is 4.39 Å². The summed E-state index contributed by atoms with van der Waals surface area (Å²) in [6, 6.07) is 9.92. The normalized spacial score (nSPS) is 14.9. The molecule has 144 valence electrons. The molecule has 2 aromatic rings. The van der Waals surface area contributed by atoms with Crippen LogP contribution in [0.25, 0.3) is 6.08 Å². The minimum Gasteiger partial charge on any atom is -0.487 e. The van der Waals surface area contributed by atoms with Crippen LogP contribution in [0.2, 0.25) is 0 Å². The summed E-state index contributed by atoms with van der Waals surface area (Å²) in [7, 11) is 0. The van der Waals surface area contributed by atoms with E-state index < -0.39 is 5.91 Å². The highest BCUT2D eigenvalue weighted by molar-refractivity contribution is 9.11. The van der Waals surface area contributed by atoms with Crippen LogP contribution in [0.1, 0.15) is 18.1 Å². The summed E-state index contributed by atoms with van der Waals surface area (Å²) in [6.45, 7) is 1.37. The van der Waals surface area contributed by atoms with Gasteiger partial charge in [-0.25, -0.2) is 4.39 Å². The molecular formula is C19H13Br2FN2O3S. The molecule has 1 aliphatic rings. The van der Waals surface area contributed by atoms with E-state index in [4.69, 9.17) is 4.74 Å². The van der Waals surface area contributed by atoms with E-state index in [9.17, 15) is 14.0 Å². The van der Waals surface area contributed by atoms with Crippen LogP contribution >= 0.6 is 43.6 Å². The minimum absolute atomic E-state index is 0.0256. The number of amidine groups is 1. The molecule has 3 rings (SSSR count). The largest absolute Gasteiger partial charge is 0.487 e. The van der Waals surface area contributed by atoms with Crippen LogP contribution in [0.15, 0.2) is 55.2 Å². The molecule has 0 radical (unpaired) electrons. The van der Waals surface area contributed by atoms with E-state index in [1.807, 2.05) is 0 Å². The number of ether oxygens (including phenoxy) is 1. The first-order valence-corrected chi connectivity index (χ1v) is 10.4. The number of nitrogens with one attached hydrogen (secondary N) is 1. The zero-order chi connectivity index (χ0) is 20.3. The van der Waals surface area contributed by atoms with E-state index >= 15 is 0 Å². The van der Waals surface area contributed by atoms with Crippen molar-refractivity contribution in [1.29, 1.82) is 0 Å². The molecule has 1 N–H and O–H groups in total. The van der Waals surface area contributed by atoms with E-state index in [1.54, 1.807) is 36.4 Å². The molecule has 0 atom stereocenters. The van der Waals surface area contributed by atoms with Crippen molar-refractivity contribution in [3.63, 3.8) is 0 Å². The smallest absolute Gasteiger partial charge is 0.286 e. The summed E-state index contributed by atoms with van der Waals surface area (Å²) in [6.07, 6.45) is 1.62. The van der Waals surface area contributed by atoms with Gasteiger partial charge >= 0.3 is 0 Å². The third-order valence-electron chi connectivity index (χ3n) is 3.56. The number of hydrogen-bond donors (Lipinski definition) is 1. The van der Waals surface area contributed by atoms with Crippen molar-refractivity contribution >= 4 is 66.7 Å². The Kier molecular flexibility index (Phi) is 6.69. The molecule has 0 spiro atoms. The summed E-state index contributed by atoms with van der Waals surface area (Å²) in [5.74, 6) is -0.657. The number of nitrogens with zero attached hydrogens (tertiary/aromatic N) is 1. The van der Waals surface area contributed by atoms with Crippen LogP contribution in [0, 0.1) is 5.82 Å². The number of hydrogen-bond acceptors (Lipinski definition) is 4. The third-order valence-corrected chi connectivity index (χ3v) is 5.50. The van der Waals surface area contributed by atoms with Crippen LogP contribution in [0.3, 0.4) is 0 Å². The second kappa shape index (κ2) is 9.02. The molecule has 1 heterocycles. The highest BCUT2D eigenvalue weighted by Crippen LogP contribution is 2.37. The molecule has 0 fully saturated rings. The van der Waals surface area contributed by atoms with Gasteiger partial charge in [0.05, 0.1) is 9.38 Å². The van der Waals surface area contributed by atoms with Gasteiger partial charge in [-0.05, 0) is 52.0 Å². The molecule has 0 aromatic heterocycles. The van der Waals surface area contributed by atoms with Crippen LogP contribution in [-0.4, -0.2) is 17.0 Å². The topological polar surface area (TPSA) is 67.8 Å². The molecule has 0 saturated heterocycles. The minimum atomic E-state index is -0.454. The number of benzene rings is 2. The van der Waals surface area contributed by atoms with Crippen molar-refractivity contribution in [3.8, 4) is 5.75 Å². The van der Waals surface area contributed by atoms with E-state index in [2.05, 4.69) is 42.2 Å². The molecule has 2 aromatic carbocycles. The second-order valence-electron chi connectivity index (χ2n) is 5.70. The van der Waals surface area contributed by atoms with Crippen molar-refractivity contribution in [2.24, 2.45) is 4.99 Å². The first-order valence-electron chi connectivity index (χ1n) is 7.99.